The Bertz CT molecular complexity index is 604. The number of hydrogen-bond acceptors (Lipinski definition) is 3. The van der Waals surface area contributed by atoms with Crippen molar-refractivity contribution in [1.29, 1.82) is 0 Å². The summed E-state index contributed by atoms with van der Waals surface area (Å²) in [6.45, 7) is 4.44. The van der Waals surface area contributed by atoms with Gasteiger partial charge in [0.1, 0.15) is 5.82 Å². The van der Waals surface area contributed by atoms with E-state index in [1.54, 1.807) is 19.0 Å². The number of benzene rings is 1. The fraction of sp³-hybridized carbons (Fsp3) is 0.375. The molecule has 0 fully saturated rings. The van der Waals surface area contributed by atoms with Crippen molar-refractivity contribution in [2.45, 2.75) is 26.4 Å². The van der Waals surface area contributed by atoms with Gasteiger partial charge in [0, 0.05) is 26.3 Å². The Morgan fingerprint density at radius 2 is 2.00 bits per heavy atom. The standard InChI is InChI=1S/C16H22N4O/c1-12(16(21)19(3)4)17-10-15-11-18-13(2)20(15)14-8-6-5-7-9-14/h5-9,11-12,17H,10H2,1-4H3. The minimum atomic E-state index is -0.223. The molecule has 0 radical (unpaired) electrons. The summed E-state index contributed by atoms with van der Waals surface area (Å²) < 4.78 is 2.10. The van der Waals surface area contributed by atoms with Gasteiger partial charge in [-0.1, -0.05) is 18.2 Å². The minimum Gasteiger partial charge on any atom is -0.347 e. The highest BCUT2D eigenvalue weighted by Crippen LogP contribution is 2.14. The number of para-hydroxylation sites is 1. The van der Waals surface area contributed by atoms with E-state index in [4.69, 9.17) is 0 Å². The van der Waals surface area contributed by atoms with E-state index in [1.807, 2.05) is 50.4 Å². The number of nitrogens with zero attached hydrogens (tertiary/aromatic N) is 3. The highest BCUT2D eigenvalue weighted by atomic mass is 16.2. The summed E-state index contributed by atoms with van der Waals surface area (Å²) in [7, 11) is 3.53. The van der Waals surface area contributed by atoms with Crippen LogP contribution in [0.5, 0.6) is 0 Å². The second-order valence-corrected chi connectivity index (χ2v) is 5.30. The lowest BCUT2D eigenvalue weighted by Gasteiger charge is -2.18. The topological polar surface area (TPSA) is 50.2 Å². The van der Waals surface area contributed by atoms with Crippen molar-refractivity contribution in [3.8, 4) is 5.69 Å². The van der Waals surface area contributed by atoms with Crippen molar-refractivity contribution < 1.29 is 4.79 Å². The fourth-order valence-corrected chi connectivity index (χ4v) is 2.28. The first-order chi connectivity index (χ1) is 10.0. The molecule has 0 aliphatic heterocycles. The number of rotatable bonds is 5. The van der Waals surface area contributed by atoms with Gasteiger partial charge in [0.05, 0.1) is 17.9 Å². The molecule has 1 aromatic heterocycles. The molecular formula is C16H22N4O. The average Bonchev–Trinajstić information content (AvgIpc) is 2.85. The van der Waals surface area contributed by atoms with Crippen LogP contribution in [0.15, 0.2) is 36.5 Å². The molecule has 2 aromatic rings. The van der Waals surface area contributed by atoms with Crippen LogP contribution in [0.4, 0.5) is 0 Å². The van der Waals surface area contributed by atoms with Crippen LogP contribution >= 0.6 is 0 Å². The Morgan fingerprint density at radius 3 is 2.62 bits per heavy atom. The molecule has 0 bridgehead atoms. The van der Waals surface area contributed by atoms with Crippen LogP contribution in [0.2, 0.25) is 0 Å². The zero-order valence-electron chi connectivity index (χ0n) is 13.0. The van der Waals surface area contributed by atoms with Crippen molar-refractivity contribution in [1.82, 2.24) is 19.8 Å². The van der Waals surface area contributed by atoms with Gasteiger partial charge >= 0.3 is 0 Å². The average molecular weight is 286 g/mol. The molecule has 0 saturated heterocycles. The van der Waals surface area contributed by atoms with Gasteiger partial charge in [-0.3, -0.25) is 9.36 Å². The van der Waals surface area contributed by atoms with E-state index >= 15 is 0 Å². The van der Waals surface area contributed by atoms with Crippen LogP contribution in [-0.4, -0.2) is 40.5 Å². The molecule has 0 spiro atoms. The first-order valence-corrected chi connectivity index (χ1v) is 7.04. The van der Waals surface area contributed by atoms with Crippen molar-refractivity contribution in [3.63, 3.8) is 0 Å². The van der Waals surface area contributed by atoms with E-state index in [1.165, 1.54) is 0 Å². The molecule has 21 heavy (non-hydrogen) atoms. The molecule has 5 nitrogen and oxygen atoms in total. The van der Waals surface area contributed by atoms with E-state index in [0.29, 0.717) is 6.54 Å². The number of aryl methyl sites for hydroxylation is 1. The summed E-state index contributed by atoms with van der Waals surface area (Å²) in [6.07, 6.45) is 1.85. The Labute approximate surface area is 125 Å². The van der Waals surface area contributed by atoms with Crippen LogP contribution in [0.25, 0.3) is 5.69 Å². The first-order valence-electron chi connectivity index (χ1n) is 7.04. The van der Waals surface area contributed by atoms with Crippen molar-refractivity contribution in [2.75, 3.05) is 14.1 Å². The van der Waals surface area contributed by atoms with Gasteiger partial charge in [0.2, 0.25) is 5.91 Å². The molecular weight excluding hydrogens is 264 g/mol. The predicted octanol–water partition coefficient (Wildman–Crippen LogP) is 1.75. The van der Waals surface area contributed by atoms with Crippen LogP contribution in [0.3, 0.4) is 0 Å². The summed E-state index contributed by atoms with van der Waals surface area (Å²) >= 11 is 0. The SMILES string of the molecule is Cc1ncc(CNC(C)C(=O)N(C)C)n1-c1ccccc1. The lowest BCUT2D eigenvalue weighted by molar-refractivity contribution is -0.130. The number of imidazole rings is 1. The molecule has 0 aliphatic carbocycles. The molecule has 112 valence electrons. The smallest absolute Gasteiger partial charge is 0.238 e. The van der Waals surface area contributed by atoms with Gasteiger partial charge in [-0.25, -0.2) is 4.98 Å². The molecule has 1 aromatic carbocycles. The maximum absolute atomic E-state index is 11.9. The zero-order valence-corrected chi connectivity index (χ0v) is 13.0. The molecule has 1 atom stereocenters. The normalized spacial score (nSPS) is 12.2. The Kier molecular flexibility index (Phi) is 4.75. The van der Waals surface area contributed by atoms with Gasteiger partial charge < -0.3 is 10.2 Å². The van der Waals surface area contributed by atoms with Crippen molar-refractivity contribution in [2.24, 2.45) is 0 Å². The van der Waals surface area contributed by atoms with Gasteiger partial charge in [-0.15, -0.1) is 0 Å². The van der Waals surface area contributed by atoms with Crippen LogP contribution < -0.4 is 5.32 Å². The number of nitrogens with one attached hydrogen (secondary N) is 1. The number of likely N-dealkylation sites (N-methyl/N-ethyl adjacent to an activating group) is 1. The Morgan fingerprint density at radius 1 is 1.33 bits per heavy atom. The summed E-state index contributed by atoms with van der Waals surface area (Å²) in [4.78, 5) is 17.8. The van der Waals surface area contributed by atoms with Crippen molar-refractivity contribution in [3.05, 3.63) is 48.0 Å². The molecule has 1 amide bonds. The maximum Gasteiger partial charge on any atom is 0.238 e. The monoisotopic (exact) mass is 286 g/mol. The second-order valence-electron chi connectivity index (χ2n) is 5.30. The Balaban J connectivity index is 2.14. The predicted molar refractivity (Wildman–Crippen MR) is 83.3 cm³/mol. The van der Waals surface area contributed by atoms with E-state index in [2.05, 4.69) is 14.9 Å². The maximum atomic E-state index is 11.9. The number of carbonyl (C=O) groups is 1. The fourth-order valence-electron chi connectivity index (χ4n) is 2.28. The van der Waals surface area contributed by atoms with Gasteiger partial charge in [-0.05, 0) is 26.0 Å². The third-order valence-corrected chi connectivity index (χ3v) is 3.43. The summed E-state index contributed by atoms with van der Waals surface area (Å²) in [5.74, 6) is 1.00. The van der Waals surface area contributed by atoms with E-state index in [9.17, 15) is 4.79 Å². The van der Waals surface area contributed by atoms with Crippen molar-refractivity contribution >= 4 is 5.91 Å². The number of carbonyl (C=O) groups excluding carboxylic acids is 1. The lowest BCUT2D eigenvalue weighted by atomic mass is 10.2. The molecule has 0 saturated carbocycles. The summed E-state index contributed by atoms with van der Waals surface area (Å²) in [5, 5.41) is 3.25. The molecule has 2 rings (SSSR count). The third kappa shape index (κ3) is 3.49. The van der Waals surface area contributed by atoms with Gasteiger partial charge in [0.25, 0.3) is 0 Å². The number of amides is 1. The zero-order chi connectivity index (χ0) is 15.4. The van der Waals surface area contributed by atoms with Gasteiger partial charge in [0.15, 0.2) is 0 Å². The minimum absolute atomic E-state index is 0.0671. The molecule has 5 heteroatoms. The molecule has 0 aliphatic rings. The summed E-state index contributed by atoms with van der Waals surface area (Å²) in [6, 6.07) is 9.87. The number of hydrogen-bond donors (Lipinski definition) is 1. The van der Waals surface area contributed by atoms with Crippen LogP contribution in [0, 0.1) is 6.92 Å². The highest BCUT2D eigenvalue weighted by molar-refractivity contribution is 5.80. The quantitative estimate of drug-likeness (QED) is 0.911. The molecule has 1 N–H and O–H groups in total. The van der Waals surface area contributed by atoms with Crippen LogP contribution in [0.1, 0.15) is 18.4 Å². The van der Waals surface area contributed by atoms with E-state index in [0.717, 1.165) is 17.2 Å². The van der Waals surface area contributed by atoms with E-state index in [-0.39, 0.29) is 11.9 Å². The lowest BCUT2D eigenvalue weighted by Crippen LogP contribution is -2.41. The first kappa shape index (κ1) is 15.3. The van der Waals surface area contributed by atoms with E-state index < -0.39 is 0 Å². The highest BCUT2D eigenvalue weighted by Gasteiger charge is 2.15. The Hall–Kier alpha value is -2.14. The molecule has 1 unspecified atom stereocenters. The van der Waals surface area contributed by atoms with Gasteiger partial charge in [-0.2, -0.15) is 0 Å². The molecule has 1 heterocycles. The largest absolute Gasteiger partial charge is 0.347 e. The summed E-state index contributed by atoms with van der Waals surface area (Å²) in [5.41, 5.74) is 2.12. The third-order valence-electron chi connectivity index (χ3n) is 3.43. The number of aromatic nitrogens is 2. The van der Waals surface area contributed by atoms with Crippen LogP contribution in [-0.2, 0) is 11.3 Å². The second kappa shape index (κ2) is 6.54.